The third-order valence-corrected chi connectivity index (χ3v) is 7.34. The second kappa shape index (κ2) is 9.88. The Morgan fingerprint density at radius 2 is 1.76 bits per heavy atom. The second-order valence-corrected chi connectivity index (χ2v) is 10.3. The molecule has 0 saturated carbocycles. The predicted octanol–water partition coefficient (Wildman–Crippen LogP) is 7.75. The van der Waals surface area contributed by atoms with Crippen LogP contribution in [0.1, 0.15) is 22.6 Å². The number of aromatic amines is 1. The number of hydrogen-bond donors (Lipinski definition) is 2. The number of carbonyl (C=O) groups excluding carboxylic acids is 1. The Morgan fingerprint density at radius 3 is 2.57 bits per heavy atom. The summed E-state index contributed by atoms with van der Waals surface area (Å²) in [4.78, 5) is 21.4. The molecule has 1 unspecified atom stereocenters. The number of para-hydroxylation sites is 1. The fourth-order valence-corrected chi connectivity index (χ4v) is 5.36. The van der Waals surface area contributed by atoms with Gasteiger partial charge in [-0.3, -0.25) is 9.78 Å². The van der Waals surface area contributed by atoms with Crippen LogP contribution in [-0.4, -0.2) is 20.4 Å². The Kier molecular flexibility index (Phi) is 6.28. The fourth-order valence-electron chi connectivity index (χ4n) is 4.88. The van der Waals surface area contributed by atoms with Gasteiger partial charge in [0.2, 0.25) is 5.91 Å². The normalized spacial score (nSPS) is 12.2. The van der Waals surface area contributed by atoms with E-state index in [0.717, 1.165) is 43.0 Å². The van der Waals surface area contributed by atoms with Crippen LogP contribution in [0.15, 0.2) is 108 Å². The van der Waals surface area contributed by atoms with E-state index in [4.69, 9.17) is 11.6 Å². The first-order valence-electron chi connectivity index (χ1n) is 11.9. The Labute approximate surface area is 227 Å². The number of aromatic nitrogens is 3. The van der Waals surface area contributed by atoms with E-state index in [0.29, 0.717) is 17.3 Å². The van der Waals surface area contributed by atoms with Crippen molar-refractivity contribution in [3.63, 3.8) is 0 Å². The van der Waals surface area contributed by atoms with Crippen LogP contribution >= 0.6 is 27.5 Å². The minimum absolute atomic E-state index is 0.110. The number of H-pyrrole nitrogens is 1. The van der Waals surface area contributed by atoms with Crippen molar-refractivity contribution in [1.29, 1.82) is 0 Å². The average molecular weight is 570 g/mol. The van der Waals surface area contributed by atoms with Crippen LogP contribution in [0.4, 0.5) is 5.69 Å². The van der Waals surface area contributed by atoms with Gasteiger partial charge in [0.1, 0.15) is 0 Å². The van der Waals surface area contributed by atoms with Crippen molar-refractivity contribution in [1.82, 2.24) is 14.5 Å². The number of pyridine rings is 1. The molecule has 6 rings (SSSR count). The van der Waals surface area contributed by atoms with Crippen LogP contribution in [0.3, 0.4) is 0 Å². The number of benzene rings is 3. The van der Waals surface area contributed by atoms with E-state index in [1.807, 2.05) is 54.7 Å². The molecular formula is C30H22BrClN4O. The molecule has 2 N–H and O–H groups in total. The van der Waals surface area contributed by atoms with E-state index in [1.54, 1.807) is 24.5 Å². The first kappa shape index (κ1) is 23.5. The highest BCUT2D eigenvalue weighted by atomic mass is 79.9. The van der Waals surface area contributed by atoms with E-state index < -0.39 is 5.92 Å². The summed E-state index contributed by atoms with van der Waals surface area (Å²) in [7, 11) is 0. The number of hydrogen-bond acceptors (Lipinski definition) is 2. The van der Waals surface area contributed by atoms with Crippen molar-refractivity contribution in [3.05, 3.63) is 130 Å². The fraction of sp³-hybridized carbons (Fsp3) is 0.0667. The van der Waals surface area contributed by atoms with Crippen LogP contribution in [0.5, 0.6) is 0 Å². The lowest BCUT2D eigenvalue weighted by molar-refractivity contribution is -0.116. The molecule has 3 aromatic heterocycles. The molecule has 0 spiro atoms. The third-order valence-electron chi connectivity index (χ3n) is 6.59. The number of nitrogens with one attached hydrogen (secondary N) is 2. The topological polar surface area (TPSA) is 62.7 Å². The summed E-state index contributed by atoms with van der Waals surface area (Å²) in [5, 5.41) is 5.85. The molecule has 6 aromatic rings. The van der Waals surface area contributed by atoms with Crippen molar-refractivity contribution in [2.45, 2.75) is 12.5 Å². The Hall–Kier alpha value is -3.87. The number of amides is 1. The van der Waals surface area contributed by atoms with Gasteiger partial charge in [0, 0.05) is 68.3 Å². The molecular weight excluding hydrogens is 548 g/mol. The number of anilines is 1. The van der Waals surface area contributed by atoms with Gasteiger partial charge in [-0.15, -0.1) is 0 Å². The van der Waals surface area contributed by atoms with Crippen molar-refractivity contribution in [2.75, 3.05) is 5.32 Å². The van der Waals surface area contributed by atoms with E-state index in [1.165, 1.54) is 0 Å². The quantitative estimate of drug-likeness (QED) is 0.215. The summed E-state index contributed by atoms with van der Waals surface area (Å²) >= 11 is 9.71. The standard InChI is InChI=1S/C30H22BrClN4O/c31-20-7-10-27-24(15-20)25(16-34-27)29(30(37)35-22-11-13-33-14-12-22)26-18-36(28-4-2-1-3-23(26)28)17-19-5-8-21(32)9-6-19/h1-16,18,29,34H,17H2,(H,33,35,37). The molecule has 182 valence electrons. The molecule has 37 heavy (non-hydrogen) atoms. The molecule has 0 radical (unpaired) electrons. The lowest BCUT2D eigenvalue weighted by Gasteiger charge is -2.17. The number of rotatable bonds is 6. The van der Waals surface area contributed by atoms with Gasteiger partial charge in [-0.2, -0.15) is 0 Å². The van der Waals surface area contributed by atoms with Crippen LogP contribution in [0.25, 0.3) is 21.8 Å². The predicted molar refractivity (Wildman–Crippen MR) is 153 cm³/mol. The van der Waals surface area contributed by atoms with E-state index in [-0.39, 0.29) is 5.91 Å². The highest BCUT2D eigenvalue weighted by molar-refractivity contribution is 9.10. The maximum atomic E-state index is 14.0. The van der Waals surface area contributed by atoms with Gasteiger partial charge in [0.25, 0.3) is 0 Å². The number of nitrogens with zero attached hydrogens (tertiary/aromatic N) is 2. The third kappa shape index (κ3) is 4.66. The first-order chi connectivity index (χ1) is 18.1. The van der Waals surface area contributed by atoms with Gasteiger partial charge in [-0.05, 0) is 65.2 Å². The second-order valence-electron chi connectivity index (χ2n) is 8.95. The molecule has 0 bridgehead atoms. The maximum absolute atomic E-state index is 14.0. The summed E-state index contributed by atoms with van der Waals surface area (Å²) in [5.74, 6) is -0.658. The zero-order valence-corrected chi connectivity index (χ0v) is 22.0. The SMILES string of the molecule is O=C(Nc1ccncc1)C(c1c[nH]c2ccc(Br)cc12)c1cn(Cc2ccc(Cl)cc2)c2ccccc12. The number of halogens is 2. The van der Waals surface area contributed by atoms with E-state index in [2.05, 4.69) is 60.2 Å². The van der Waals surface area contributed by atoms with Crippen LogP contribution in [0, 0.1) is 0 Å². The molecule has 3 heterocycles. The van der Waals surface area contributed by atoms with Gasteiger partial charge in [-0.1, -0.05) is 57.9 Å². The minimum Gasteiger partial charge on any atom is -0.361 e. The zero-order chi connectivity index (χ0) is 25.4. The smallest absolute Gasteiger partial charge is 0.236 e. The van der Waals surface area contributed by atoms with Gasteiger partial charge >= 0.3 is 0 Å². The Balaban J connectivity index is 1.51. The van der Waals surface area contributed by atoms with Gasteiger partial charge in [0.15, 0.2) is 0 Å². The van der Waals surface area contributed by atoms with E-state index >= 15 is 0 Å². The van der Waals surface area contributed by atoms with Crippen LogP contribution < -0.4 is 5.32 Å². The van der Waals surface area contributed by atoms with Gasteiger partial charge in [0.05, 0.1) is 5.92 Å². The van der Waals surface area contributed by atoms with Crippen molar-refractivity contribution >= 4 is 60.9 Å². The summed E-state index contributed by atoms with van der Waals surface area (Å²) in [6.07, 6.45) is 7.39. The first-order valence-corrected chi connectivity index (χ1v) is 13.0. The summed E-state index contributed by atoms with van der Waals surface area (Å²) in [5.41, 5.74) is 5.73. The molecule has 0 fully saturated rings. The van der Waals surface area contributed by atoms with Gasteiger partial charge < -0.3 is 14.9 Å². The van der Waals surface area contributed by atoms with Crippen LogP contribution in [-0.2, 0) is 11.3 Å². The molecule has 7 heteroatoms. The number of carbonyl (C=O) groups is 1. The lowest BCUT2D eigenvalue weighted by Crippen LogP contribution is -2.22. The Morgan fingerprint density at radius 1 is 0.973 bits per heavy atom. The zero-order valence-electron chi connectivity index (χ0n) is 19.7. The molecule has 1 amide bonds. The summed E-state index contributed by atoms with van der Waals surface area (Å²) < 4.78 is 3.16. The summed E-state index contributed by atoms with van der Waals surface area (Å²) in [6.45, 7) is 0.663. The van der Waals surface area contributed by atoms with Crippen molar-refractivity contribution < 1.29 is 4.79 Å². The highest BCUT2D eigenvalue weighted by Gasteiger charge is 2.29. The lowest BCUT2D eigenvalue weighted by atomic mass is 9.89. The molecule has 0 saturated heterocycles. The molecule has 0 aliphatic rings. The highest BCUT2D eigenvalue weighted by Crippen LogP contribution is 2.38. The maximum Gasteiger partial charge on any atom is 0.236 e. The van der Waals surface area contributed by atoms with Crippen LogP contribution in [0.2, 0.25) is 5.02 Å². The van der Waals surface area contributed by atoms with Gasteiger partial charge in [-0.25, -0.2) is 0 Å². The Bertz CT molecular complexity index is 1720. The van der Waals surface area contributed by atoms with E-state index in [9.17, 15) is 4.79 Å². The molecule has 0 aliphatic heterocycles. The minimum atomic E-state index is -0.549. The molecule has 1 atom stereocenters. The molecule has 3 aromatic carbocycles. The average Bonchev–Trinajstić information content (AvgIpc) is 3.48. The largest absolute Gasteiger partial charge is 0.361 e. The summed E-state index contributed by atoms with van der Waals surface area (Å²) in [6, 6.07) is 25.7. The van der Waals surface area contributed by atoms with Crippen molar-refractivity contribution in [3.8, 4) is 0 Å². The molecule has 5 nitrogen and oxygen atoms in total. The number of fused-ring (bicyclic) bond motifs is 2. The van der Waals surface area contributed by atoms with Crippen molar-refractivity contribution in [2.24, 2.45) is 0 Å². The molecule has 0 aliphatic carbocycles. The monoisotopic (exact) mass is 568 g/mol.